The van der Waals surface area contributed by atoms with E-state index in [1.54, 1.807) is 12.1 Å². The third-order valence-corrected chi connectivity index (χ3v) is 4.36. The molecular weight excluding hydrogens is 384 g/mol. The summed E-state index contributed by atoms with van der Waals surface area (Å²) in [4.78, 5) is 35.9. The fourth-order valence-electron chi connectivity index (χ4n) is 2.90. The van der Waals surface area contributed by atoms with E-state index in [1.807, 2.05) is 60.7 Å². The molecule has 0 aliphatic carbocycles. The third-order valence-electron chi connectivity index (χ3n) is 4.36. The van der Waals surface area contributed by atoms with Crippen molar-refractivity contribution in [2.75, 3.05) is 0 Å². The average Bonchev–Trinajstić information content (AvgIpc) is 2.76. The van der Waals surface area contributed by atoms with Gasteiger partial charge in [0.1, 0.15) is 13.2 Å². The van der Waals surface area contributed by atoms with Crippen molar-refractivity contribution in [1.29, 1.82) is 0 Å². The molecule has 1 atom stereocenters. The van der Waals surface area contributed by atoms with Gasteiger partial charge in [-0.3, -0.25) is 9.59 Å². The number of fused-ring (bicyclic) bond motifs is 1. The molecule has 154 valence electrons. The first-order valence-corrected chi connectivity index (χ1v) is 9.52. The van der Waals surface area contributed by atoms with Crippen LogP contribution < -0.4 is 0 Å². The number of rotatable bonds is 8. The van der Waals surface area contributed by atoms with Crippen molar-refractivity contribution in [3.63, 3.8) is 0 Å². The summed E-state index contributed by atoms with van der Waals surface area (Å²) in [6, 6.07) is 22.7. The topological polar surface area (TPSA) is 78.9 Å². The molecule has 0 unspecified atom stereocenters. The molecule has 0 heterocycles. The van der Waals surface area contributed by atoms with Gasteiger partial charge in [0.2, 0.25) is 6.10 Å². The van der Waals surface area contributed by atoms with Crippen LogP contribution in [0.4, 0.5) is 0 Å². The lowest BCUT2D eigenvalue weighted by Crippen LogP contribution is -2.31. The van der Waals surface area contributed by atoms with Crippen molar-refractivity contribution in [2.45, 2.75) is 32.7 Å². The Morgan fingerprint density at radius 2 is 1.43 bits per heavy atom. The van der Waals surface area contributed by atoms with Crippen molar-refractivity contribution in [3.8, 4) is 0 Å². The van der Waals surface area contributed by atoms with Crippen molar-refractivity contribution < 1.29 is 28.6 Å². The van der Waals surface area contributed by atoms with Crippen LogP contribution >= 0.6 is 0 Å². The molecule has 3 aromatic rings. The maximum absolute atomic E-state index is 12.3. The van der Waals surface area contributed by atoms with E-state index >= 15 is 0 Å². The van der Waals surface area contributed by atoms with E-state index in [-0.39, 0.29) is 13.2 Å². The van der Waals surface area contributed by atoms with Crippen molar-refractivity contribution in [2.24, 2.45) is 0 Å². The number of carbonyl (C=O) groups excluding carboxylic acids is 3. The van der Waals surface area contributed by atoms with E-state index in [4.69, 9.17) is 14.2 Å². The monoisotopic (exact) mass is 406 g/mol. The standard InChI is InChI=1S/C24H22O6/c1-17(25)30-22(24(27)29-15-18-7-3-2-4-8-18)14-23(26)28-16-19-11-12-20-9-5-6-10-21(20)13-19/h2-13,22H,14-16H2,1H3/t22-/m0/s1. The molecule has 6 heteroatoms. The Labute approximate surface area is 174 Å². The zero-order valence-corrected chi connectivity index (χ0v) is 16.6. The van der Waals surface area contributed by atoms with Crippen molar-refractivity contribution >= 4 is 28.7 Å². The Morgan fingerprint density at radius 1 is 0.767 bits per heavy atom. The molecule has 0 amide bonds. The third kappa shape index (κ3) is 6.17. The Balaban J connectivity index is 1.55. The summed E-state index contributed by atoms with van der Waals surface area (Å²) < 4.78 is 15.4. The zero-order valence-electron chi connectivity index (χ0n) is 16.6. The molecule has 0 saturated carbocycles. The van der Waals surface area contributed by atoms with Gasteiger partial charge in [-0.1, -0.05) is 66.7 Å². The molecule has 0 bridgehead atoms. The second kappa shape index (κ2) is 10.2. The van der Waals surface area contributed by atoms with Crippen LogP contribution in [0.5, 0.6) is 0 Å². The van der Waals surface area contributed by atoms with Gasteiger partial charge in [-0.25, -0.2) is 4.79 Å². The van der Waals surface area contributed by atoms with Crippen LogP contribution in [0.15, 0.2) is 72.8 Å². The minimum Gasteiger partial charge on any atom is -0.461 e. The van der Waals surface area contributed by atoms with Crippen LogP contribution in [0.1, 0.15) is 24.5 Å². The van der Waals surface area contributed by atoms with E-state index in [1.165, 1.54) is 0 Å². The van der Waals surface area contributed by atoms with E-state index in [0.29, 0.717) is 0 Å². The highest BCUT2D eigenvalue weighted by Crippen LogP contribution is 2.16. The molecule has 0 aliphatic rings. The number of hydrogen-bond acceptors (Lipinski definition) is 6. The summed E-state index contributed by atoms with van der Waals surface area (Å²) in [5, 5.41) is 2.12. The van der Waals surface area contributed by atoms with Crippen molar-refractivity contribution in [1.82, 2.24) is 0 Å². The van der Waals surface area contributed by atoms with Crippen molar-refractivity contribution in [3.05, 3.63) is 83.9 Å². The fourth-order valence-corrected chi connectivity index (χ4v) is 2.90. The SMILES string of the molecule is CC(=O)O[C@@H](CC(=O)OCc1ccc2ccccc2c1)C(=O)OCc1ccccc1. The van der Waals surface area contributed by atoms with E-state index in [2.05, 4.69) is 0 Å². The lowest BCUT2D eigenvalue weighted by atomic mass is 10.1. The van der Waals surface area contributed by atoms with Gasteiger partial charge in [-0.15, -0.1) is 0 Å². The first kappa shape index (κ1) is 21.0. The van der Waals surface area contributed by atoms with Gasteiger partial charge in [0.05, 0.1) is 6.42 Å². The second-order valence-electron chi connectivity index (χ2n) is 6.74. The lowest BCUT2D eigenvalue weighted by molar-refractivity contribution is -0.171. The second-order valence-corrected chi connectivity index (χ2v) is 6.74. The van der Waals surface area contributed by atoms with Gasteiger partial charge in [0, 0.05) is 6.92 Å². The number of carbonyl (C=O) groups is 3. The van der Waals surface area contributed by atoms with E-state index in [0.717, 1.165) is 28.8 Å². The van der Waals surface area contributed by atoms with Gasteiger partial charge in [0.25, 0.3) is 0 Å². The minimum atomic E-state index is -1.35. The van der Waals surface area contributed by atoms with E-state index in [9.17, 15) is 14.4 Å². The molecule has 0 fully saturated rings. The van der Waals surface area contributed by atoms with Crippen LogP contribution in [-0.2, 0) is 41.8 Å². The largest absolute Gasteiger partial charge is 0.461 e. The molecular formula is C24H22O6. The van der Waals surface area contributed by atoms with Crippen LogP contribution in [0.25, 0.3) is 10.8 Å². The number of hydrogen-bond donors (Lipinski definition) is 0. The quantitative estimate of drug-likeness (QED) is 0.416. The van der Waals surface area contributed by atoms with Gasteiger partial charge >= 0.3 is 17.9 Å². The van der Waals surface area contributed by atoms with Crippen LogP contribution in [-0.4, -0.2) is 24.0 Å². The molecule has 0 saturated heterocycles. The van der Waals surface area contributed by atoms with Gasteiger partial charge < -0.3 is 14.2 Å². The molecule has 0 radical (unpaired) electrons. The summed E-state index contributed by atoms with van der Waals surface area (Å²) in [6.07, 6.45) is -1.77. The molecule has 0 aliphatic heterocycles. The number of esters is 3. The Kier molecular flexibility index (Phi) is 7.16. The predicted molar refractivity (Wildman–Crippen MR) is 110 cm³/mol. The maximum Gasteiger partial charge on any atom is 0.348 e. The first-order chi connectivity index (χ1) is 14.5. The molecule has 3 rings (SSSR count). The summed E-state index contributed by atoms with van der Waals surface area (Å²) in [5.41, 5.74) is 1.60. The zero-order chi connectivity index (χ0) is 21.3. The molecule has 3 aromatic carbocycles. The van der Waals surface area contributed by atoms with E-state index < -0.39 is 30.4 Å². The highest BCUT2D eigenvalue weighted by Gasteiger charge is 2.27. The molecule has 0 aromatic heterocycles. The molecule has 30 heavy (non-hydrogen) atoms. The Hall–Kier alpha value is -3.67. The smallest absolute Gasteiger partial charge is 0.348 e. The van der Waals surface area contributed by atoms with Gasteiger partial charge in [-0.2, -0.15) is 0 Å². The predicted octanol–water partition coefficient (Wildman–Crippen LogP) is 3.95. The highest BCUT2D eigenvalue weighted by molar-refractivity contribution is 5.84. The summed E-state index contributed by atoms with van der Waals surface area (Å²) >= 11 is 0. The van der Waals surface area contributed by atoms with Crippen LogP contribution in [0.3, 0.4) is 0 Å². The highest BCUT2D eigenvalue weighted by atomic mass is 16.6. The summed E-state index contributed by atoms with van der Waals surface area (Å²) in [6.45, 7) is 1.23. The molecule has 0 spiro atoms. The Morgan fingerprint density at radius 3 is 2.17 bits per heavy atom. The van der Waals surface area contributed by atoms with Gasteiger partial charge in [0.15, 0.2) is 0 Å². The summed E-state index contributed by atoms with van der Waals surface area (Å²) in [7, 11) is 0. The summed E-state index contributed by atoms with van der Waals surface area (Å²) in [5.74, 6) is -2.14. The number of ether oxygens (including phenoxy) is 3. The maximum atomic E-state index is 12.3. The normalized spacial score (nSPS) is 11.5. The van der Waals surface area contributed by atoms with Crippen LogP contribution in [0, 0.1) is 0 Å². The first-order valence-electron chi connectivity index (χ1n) is 9.52. The fraction of sp³-hybridized carbons (Fsp3) is 0.208. The van der Waals surface area contributed by atoms with Crippen LogP contribution in [0.2, 0.25) is 0 Å². The van der Waals surface area contributed by atoms with Gasteiger partial charge in [-0.05, 0) is 28.0 Å². The lowest BCUT2D eigenvalue weighted by Gasteiger charge is -2.15. The Bertz CT molecular complexity index is 1030. The number of benzene rings is 3. The molecule has 0 N–H and O–H groups in total. The molecule has 6 nitrogen and oxygen atoms in total. The average molecular weight is 406 g/mol. The minimum absolute atomic E-state index is 0.0174.